The van der Waals surface area contributed by atoms with Crippen molar-refractivity contribution in [3.63, 3.8) is 0 Å². The number of nitrogens with one attached hydrogen (secondary N) is 3. The molecular weight excluding hydrogens is 918 g/mol. The third-order valence-electron chi connectivity index (χ3n) is 11.5. The number of piperazine rings is 2. The molecule has 0 radical (unpaired) electrons. The predicted octanol–water partition coefficient (Wildman–Crippen LogP) is 9.24. The van der Waals surface area contributed by atoms with Gasteiger partial charge in [0.05, 0.1) is 36.9 Å². The van der Waals surface area contributed by atoms with Gasteiger partial charge in [0.1, 0.15) is 11.6 Å². The summed E-state index contributed by atoms with van der Waals surface area (Å²) in [4.78, 5) is 40.0. The fourth-order valence-electron chi connectivity index (χ4n) is 7.84. The summed E-state index contributed by atoms with van der Waals surface area (Å²) in [5, 5.41) is 21.1. The van der Waals surface area contributed by atoms with Crippen LogP contribution in [0.1, 0.15) is 18.1 Å². The van der Waals surface area contributed by atoms with E-state index in [1.165, 1.54) is 0 Å². The second kappa shape index (κ2) is 20.1. The minimum Gasteiger partial charge on any atom is -0.366 e. The van der Waals surface area contributed by atoms with Crippen molar-refractivity contribution in [2.45, 2.75) is 20.0 Å². The first-order chi connectivity index (χ1) is 32.1. The van der Waals surface area contributed by atoms with Crippen molar-refractivity contribution in [2.24, 2.45) is 0 Å². The lowest BCUT2D eigenvalue weighted by Crippen LogP contribution is -2.50. The van der Waals surface area contributed by atoms with Crippen molar-refractivity contribution in [1.82, 2.24) is 39.4 Å². The van der Waals surface area contributed by atoms with Crippen molar-refractivity contribution < 1.29 is 9.59 Å². The van der Waals surface area contributed by atoms with Crippen LogP contribution < -0.4 is 25.8 Å². The van der Waals surface area contributed by atoms with Gasteiger partial charge < -0.3 is 25.8 Å². The van der Waals surface area contributed by atoms with Crippen molar-refractivity contribution in [2.75, 3.05) is 66.2 Å². The Bertz CT molecular complexity index is 3030. The van der Waals surface area contributed by atoms with Gasteiger partial charge in [0.15, 0.2) is 11.3 Å². The second-order valence-corrected chi connectivity index (χ2v) is 17.4. The van der Waals surface area contributed by atoms with Crippen molar-refractivity contribution in [3.05, 3.63) is 153 Å². The third kappa shape index (κ3) is 10.1. The molecule has 0 aliphatic carbocycles. The average molecular weight is 963 g/mol. The lowest BCUT2D eigenvalue weighted by molar-refractivity contribution is -0.121. The van der Waals surface area contributed by atoms with Crippen LogP contribution >= 0.6 is 46.4 Å². The van der Waals surface area contributed by atoms with Gasteiger partial charge in [-0.15, -0.1) is 0 Å². The van der Waals surface area contributed by atoms with E-state index in [1.54, 1.807) is 38.5 Å². The molecule has 0 spiro atoms. The molecule has 8 aromatic rings. The Morgan fingerprint density at radius 3 is 1.55 bits per heavy atom. The highest BCUT2D eigenvalue weighted by molar-refractivity contribution is 6.35. The van der Waals surface area contributed by atoms with Crippen molar-refractivity contribution >= 4 is 92.5 Å². The molecule has 2 fully saturated rings. The quantitative estimate of drug-likeness (QED) is 0.115. The number of fused-ring (bicyclic) bond motifs is 2. The van der Waals surface area contributed by atoms with Crippen LogP contribution in [0.2, 0.25) is 20.1 Å². The number of amides is 2. The average Bonchev–Trinajstić information content (AvgIpc) is 4.02. The summed E-state index contributed by atoms with van der Waals surface area (Å²) in [5.74, 6) is 1.80. The number of carbonyl (C=O) groups excluding carboxylic acids is 2. The number of nitrogens with zero attached hydrogens (tertiary/aromatic N) is 9. The van der Waals surface area contributed by atoms with E-state index in [9.17, 15) is 9.59 Å². The molecule has 2 aliphatic rings. The molecule has 2 aliphatic heterocycles. The second-order valence-electron chi connectivity index (χ2n) is 15.7. The van der Waals surface area contributed by atoms with Gasteiger partial charge in [-0.2, -0.15) is 19.2 Å². The molecule has 14 nitrogen and oxygen atoms in total. The summed E-state index contributed by atoms with van der Waals surface area (Å²) >= 11 is 24.7. The number of anilines is 4. The molecule has 336 valence electrons. The molecule has 66 heavy (non-hydrogen) atoms. The highest BCUT2D eigenvalue weighted by atomic mass is 35.5. The van der Waals surface area contributed by atoms with Gasteiger partial charge in [0.25, 0.3) is 0 Å². The first kappa shape index (κ1) is 44.9. The first-order valence-corrected chi connectivity index (χ1v) is 22.9. The molecule has 4 aromatic carbocycles. The van der Waals surface area contributed by atoms with Gasteiger partial charge in [-0.05, 0) is 66.2 Å². The Balaban J connectivity index is 0.000000166. The van der Waals surface area contributed by atoms with Crippen LogP contribution in [0.5, 0.6) is 0 Å². The summed E-state index contributed by atoms with van der Waals surface area (Å²) < 4.78 is 3.51. The van der Waals surface area contributed by atoms with Gasteiger partial charge in [0.2, 0.25) is 11.8 Å². The molecule has 2 amide bonds. The lowest BCUT2D eigenvalue weighted by atomic mass is 10.1. The Morgan fingerprint density at radius 2 is 1.09 bits per heavy atom. The third-order valence-corrected chi connectivity index (χ3v) is 12.6. The molecule has 18 heteroatoms. The number of likely N-dealkylation sites (N-methyl/N-ethyl adjacent to an activating group) is 1. The number of aromatic nitrogens is 6. The summed E-state index contributed by atoms with van der Waals surface area (Å²) in [7, 11) is 0. The van der Waals surface area contributed by atoms with E-state index in [4.69, 9.17) is 56.4 Å². The number of hydrogen-bond acceptors (Lipinski definition) is 10. The number of halogens is 4. The standard InChI is InChI=1S/C25H24Cl2N6O.C23H20Cl2N6O/c1-2-31-11-12-32(25(34)16-31)20-7-4-17(5-8-20)22-14-24(33-23(30-22)9-10-29-33)28-15-18-3-6-19(26)13-21(18)27;24-17-4-1-16(19(25)11-17)13-27-22-12-20(29-21-7-8-28-31(21)22)15-2-5-18(6-3-15)30-10-9-26-14-23(30)32/h3-10,13-14,28H,2,11-12,15-16H2,1H3;1-8,11-12,26-27H,9-10,13-14H2. The van der Waals surface area contributed by atoms with E-state index in [0.717, 1.165) is 87.6 Å². The molecule has 4 aromatic heterocycles. The van der Waals surface area contributed by atoms with Gasteiger partial charge in [0, 0.05) is 106 Å². The summed E-state index contributed by atoms with van der Waals surface area (Å²) in [5.41, 5.74) is 8.65. The van der Waals surface area contributed by atoms with Crippen LogP contribution in [0.3, 0.4) is 0 Å². The zero-order chi connectivity index (χ0) is 45.7. The highest BCUT2D eigenvalue weighted by Crippen LogP contribution is 2.29. The molecule has 0 bridgehead atoms. The van der Waals surface area contributed by atoms with Crippen molar-refractivity contribution in [1.29, 1.82) is 0 Å². The monoisotopic (exact) mass is 960 g/mol. The number of rotatable bonds is 11. The van der Waals surface area contributed by atoms with E-state index in [1.807, 2.05) is 102 Å². The normalized spacial score (nSPS) is 14.4. The molecule has 0 unspecified atom stereocenters. The maximum Gasteiger partial charge on any atom is 0.241 e. The van der Waals surface area contributed by atoms with Crippen LogP contribution in [0, 0.1) is 0 Å². The summed E-state index contributed by atoms with van der Waals surface area (Å²) in [6.07, 6.45) is 3.43. The van der Waals surface area contributed by atoms with Gasteiger partial charge in [-0.25, -0.2) is 9.97 Å². The summed E-state index contributed by atoms with van der Waals surface area (Å²) in [6, 6.07) is 34.4. The van der Waals surface area contributed by atoms with E-state index in [0.29, 0.717) is 59.4 Å². The molecule has 6 heterocycles. The molecule has 10 rings (SSSR count). The zero-order valence-electron chi connectivity index (χ0n) is 35.8. The van der Waals surface area contributed by atoms with Crippen LogP contribution in [0.15, 0.2) is 122 Å². The van der Waals surface area contributed by atoms with E-state index >= 15 is 0 Å². The Labute approximate surface area is 401 Å². The van der Waals surface area contributed by atoms with Gasteiger partial charge in [-0.3, -0.25) is 14.5 Å². The van der Waals surface area contributed by atoms with Crippen LogP contribution in [-0.2, 0) is 22.7 Å². The first-order valence-electron chi connectivity index (χ1n) is 21.4. The van der Waals surface area contributed by atoms with Crippen LogP contribution in [0.4, 0.5) is 23.0 Å². The maximum atomic E-state index is 12.5. The minimum absolute atomic E-state index is 0.0788. The topological polar surface area (TPSA) is 140 Å². The fraction of sp³-hybridized carbons (Fsp3) is 0.208. The largest absolute Gasteiger partial charge is 0.366 e. The molecule has 3 N–H and O–H groups in total. The molecule has 0 atom stereocenters. The number of benzene rings is 4. The van der Waals surface area contributed by atoms with Crippen molar-refractivity contribution in [3.8, 4) is 22.5 Å². The predicted molar refractivity (Wildman–Crippen MR) is 264 cm³/mol. The molecule has 2 saturated heterocycles. The minimum atomic E-state index is 0.0788. The lowest BCUT2D eigenvalue weighted by Gasteiger charge is -2.33. The Kier molecular flexibility index (Phi) is 13.7. The van der Waals surface area contributed by atoms with Gasteiger partial charge >= 0.3 is 0 Å². The fourth-order valence-corrected chi connectivity index (χ4v) is 8.79. The summed E-state index contributed by atoms with van der Waals surface area (Å²) in [6.45, 7) is 7.87. The van der Waals surface area contributed by atoms with E-state index in [-0.39, 0.29) is 11.8 Å². The maximum absolute atomic E-state index is 12.5. The Morgan fingerprint density at radius 1 is 0.591 bits per heavy atom. The molecular formula is C48H44Cl4N12O2. The van der Waals surface area contributed by atoms with E-state index in [2.05, 4.69) is 38.0 Å². The molecule has 0 saturated carbocycles. The number of hydrogen-bond donors (Lipinski definition) is 3. The van der Waals surface area contributed by atoms with E-state index < -0.39 is 0 Å². The zero-order valence-corrected chi connectivity index (χ0v) is 38.8. The van der Waals surface area contributed by atoms with Crippen LogP contribution in [0.25, 0.3) is 33.8 Å². The smallest absolute Gasteiger partial charge is 0.241 e. The van der Waals surface area contributed by atoms with Crippen LogP contribution in [-0.4, -0.2) is 91.7 Å². The van der Waals surface area contributed by atoms with Gasteiger partial charge in [-0.1, -0.05) is 89.7 Å². The Hall–Kier alpha value is -6.26. The number of carbonyl (C=O) groups is 2. The SMILES string of the molecule is CCN1CCN(c2ccc(-c3cc(NCc4ccc(Cl)cc4Cl)n4nccc4n3)cc2)C(=O)C1.O=C1CNCCN1c1ccc(-c2cc(NCc3ccc(Cl)cc3Cl)n3nccc3n2)cc1. The highest BCUT2D eigenvalue weighted by Gasteiger charge is 2.24.